The van der Waals surface area contributed by atoms with Gasteiger partial charge >= 0.3 is 0 Å². The number of hydrogen-bond donors (Lipinski definition) is 0. The molecule has 27 heavy (non-hydrogen) atoms. The predicted molar refractivity (Wildman–Crippen MR) is 101 cm³/mol. The van der Waals surface area contributed by atoms with Crippen LogP contribution in [0.3, 0.4) is 0 Å². The average Bonchev–Trinajstić information content (AvgIpc) is 2.72. The molecule has 6 heteroatoms. The zero-order valence-electron chi connectivity index (χ0n) is 15.5. The molecule has 0 amide bonds. The Hall–Kier alpha value is -2.60. The van der Waals surface area contributed by atoms with Crippen molar-refractivity contribution in [3.63, 3.8) is 0 Å². The van der Waals surface area contributed by atoms with E-state index in [9.17, 15) is 10.1 Å². The molecule has 3 atom stereocenters. The van der Waals surface area contributed by atoms with Crippen LogP contribution < -0.4 is 9.47 Å². The summed E-state index contributed by atoms with van der Waals surface area (Å²) < 4.78 is 17.9. The third kappa shape index (κ3) is 3.04. The summed E-state index contributed by atoms with van der Waals surface area (Å²) in [6, 6.07) is 10.5. The first kappa shape index (κ1) is 17.8. The van der Waals surface area contributed by atoms with Crippen molar-refractivity contribution < 1.29 is 19.1 Å². The van der Waals surface area contributed by atoms with Gasteiger partial charge in [-0.25, -0.2) is 0 Å². The molecule has 0 saturated heterocycles. The molecule has 0 bridgehead atoms. The lowest BCUT2D eigenvalue weighted by Crippen LogP contribution is -2.34. The Labute approximate surface area is 158 Å². The molecular formula is C21H23NO5. The van der Waals surface area contributed by atoms with Crippen LogP contribution in [0, 0.1) is 10.1 Å². The molecule has 142 valence electrons. The maximum Gasteiger partial charge on any atom is 0.269 e. The molecule has 0 N–H and O–H groups in total. The highest BCUT2D eigenvalue weighted by atomic mass is 16.6. The van der Waals surface area contributed by atoms with Crippen LogP contribution in [-0.4, -0.2) is 25.2 Å². The number of nitro groups is 1. The van der Waals surface area contributed by atoms with Gasteiger partial charge in [-0.1, -0.05) is 12.8 Å². The second-order valence-electron chi connectivity index (χ2n) is 7.09. The fourth-order valence-electron chi connectivity index (χ4n) is 4.45. The third-order valence-corrected chi connectivity index (χ3v) is 5.70. The molecule has 0 unspecified atom stereocenters. The molecule has 2 aliphatic rings. The molecule has 6 nitrogen and oxygen atoms in total. The summed E-state index contributed by atoms with van der Waals surface area (Å²) in [6.07, 6.45) is 4.18. The van der Waals surface area contributed by atoms with E-state index in [1.54, 1.807) is 26.4 Å². The number of rotatable bonds is 4. The summed E-state index contributed by atoms with van der Waals surface area (Å²) in [5, 5.41) is 11.0. The van der Waals surface area contributed by atoms with E-state index in [2.05, 4.69) is 0 Å². The van der Waals surface area contributed by atoms with Crippen LogP contribution in [0.25, 0.3) is 0 Å². The first-order valence-electron chi connectivity index (χ1n) is 9.28. The molecule has 2 aromatic carbocycles. The van der Waals surface area contributed by atoms with Crippen molar-refractivity contribution in [2.24, 2.45) is 0 Å². The average molecular weight is 369 g/mol. The van der Waals surface area contributed by atoms with Crippen LogP contribution in [0.1, 0.15) is 54.4 Å². The van der Waals surface area contributed by atoms with E-state index in [0.717, 1.165) is 47.5 Å². The number of hydrogen-bond acceptors (Lipinski definition) is 5. The van der Waals surface area contributed by atoms with Gasteiger partial charge in [0.15, 0.2) is 0 Å². The fourth-order valence-corrected chi connectivity index (χ4v) is 4.45. The van der Waals surface area contributed by atoms with Crippen LogP contribution in [0.5, 0.6) is 11.5 Å². The Bertz CT molecular complexity index is 848. The summed E-state index contributed by atoms with van der Waals surface area (Å²) >= 11 is 0. The lowest BCUT2D eigenvalue weighted by Gasteiger charge is -2.42. The highest BCUT2D eigenvalue weighted by Crippen LogP contribution is 2.52. The lowest BCUT2D eigenvalue weighted by molar-refractivity contribution is -0.384. The van der Waals surface area contributed by atoms with Crippen molar-refractivity contribution >= 4 is 5.69 Å². The summed E-state index contributed by atoms with van der Waals surface area (Å²) in [5.41, 5.74) is 3.10. The minimum atomic E-state index is -0.389. The number of benzene rings is 2. The van der Waals surface area contributed by atoms with Gasteiger partial charge in [0.05, 0.1) is 25.2 Å². The van der Waals surface area contributed by atoms with Crippen LogP contribution in [0.2, 0.25) is 0 Å². The van der Waals surface area contributed by atoms with E-state index in [-0.39, 0.29) is 28.7 Å². The number of ether oxygens (including phenoxy) is 3. The molecule has 1 heterocycles. The van der Waals surface area contributed by atoms with Gasteiger partial charge in [0.25, 0.3) is 5.69 Å². The number of non-ortho nitro benzene ring substituents is 1. The van der Waals surface area contributed by atoms with Crippen molar-refractivity contribution in [2.45, 2.75) is 43.8 Å². The van der Waals surface area contributed by atoms with Gasteiger partial charge in [-0.05, 0) is 42.7 Å². The van der Waals surface area contributed by atoms with Gasteiger partial charge < -0.3 is 14.2 Å². The van der Waals surface area contributed by atoms with E-state index in [4.69, 9.17) is 14.2 Å². The number of methoxy groups -OCH3 is 2. The zero-order chi connectivity index (χ0) is 19.0. The van der Waals surface area contributed by atoms with Gasteiger partial charge in [-0.15, -0.1) is 0 Å². The number of nitro benzene ring substituents is 1. The fraction of sp³-hybridized carbons (Fsp3) is 0.429. The highest BCUT2D eigenvalue weighted by Gasteiger charge is 2.41. The van der Waals surface area contributed by atoms with Gasteiger partial charge in [-0.2, -0.15) is 0 Å². The molecule has 1 aliphatic carbocycles. The molecule has 4 rings (SSSR count). The van der Waals surface area contributed by atoms with Crippen LogP contribution in [0.15, 0.2) is 36.4 Å². The standard InChI is InChI=1S/C21H23NO5/c1-25-17-11-12-18(26-2)20-19(17)15-5-3-4-6-16(15)27-21(20)13-7-9-14(10-8-13)22(23)24/h7-12,15-16,21H,3-6H2,1-2H3/t15-,16-,21+/m0/s1. The topological polar surface area (TPSA) is 70.8 Å². The highest BCUT2D eigenvalue weighted by molar-refractivity contribution is 5.56. The quantitative estimate of drug-likeness (QED) is 0.574. The molecule has 0 radical (unpaired) electrons. The zero-order valence-corrected chi connectivity index (χ0v) is 15.5. The monoisotopic (exact) mass is 369 g/mol. The Morgan fingerprint density at radius 2 is 1.59 bits per heavy atom. The van der Waals surface area contributed by atoms with Crippen molar-refractivity contribution in [2.75, 3.05) is 14.2 Å². The first-order chi connectivity index (χ1) is 13.1. The van der Waals surface area contributed by atoms with Gasteiger partial charge in [0.1, 0.15) is 17.6 Å². The maximum atomic E-state index is 11.0. The second kappa shape index (κ2) is 7.19. The summed E-state index contributed by atoms with van der Waals surface area (Å²) in [4.78, 5) is 10.6. The summed E-state index contributed by atoms with van der Waals surface area (Å²) in [6.45, 7) is 0. The molecule has 1 saturated carbocycles. The minimum Gasteiger partial charge on any atom is -0.496 e. The van der Waals surface area contributed by atoms with Gasteiger partial charge in [0, 0.05) is 29.2 Å². The Balaban J connectivity index is 1.87. The smallest absolute Gasteiger partial charge is 0.269 e. The van der Waals surface area contributed by atoms with Crippen molar-refractivity contribution in [1.29, 1.82) is 0 Å². The second-order valence-corrected chi connectivity index (χ2v) is 7.09. The van der Waals surface area contributed by atoms with E-state index in [1.165, 1.54) is 18.6 Å². The van der Waals surface area contributed by atoms with Crippen molar-refractivity contribution in [1.82, 2.24) is 0 Å². The first-order valence-corrected chi connectivity index (χ1v) is 9.28. The van der Waals surface area contributed by atoms with Crippen molar-refractivity contribution in [3.8, 4) is 11.5 Å². The lowest BCUT2D eigenvalue weighted by atomic mass is 9.75. The molecule has 1 aliphatic heterocycles. The Morgan fingerprint density at radius 3 is 2.22 bits per heavy atom. The summed E-state index contributed by atoms with van der Waals surface area (Å²) in [5.74, 6) is 1.91. The molecule has 2 aromatic rings. The predicted octanol–water partition coefficient (Wildman–Crippen LogP) is 4.76. The number of fused-ring (bicyclic) bond motifs is 3. The van der Waals surface area contributed by atoms with E-state index >= 15 is 0 Å². The van der Waals surface area contributed by atoms with E-state index in [1.807, 2.05) is 12.1 Å². The van der Waals surface area contributed by atoms with Gasteiger partial charge in [0.2, 0.25) is 0 Å². The normalized spacial score (nSPS) is 23.9. The van der Waals surface area contributed by atoms with Gasteiger partial charge in [-0.3, -0.25) is 10.1 Å². The molecular weight excluding hydrogens is 346 g/mol. The molecule has 0 spiro atoms. The summed E-state index contributed by atoms with van der Waals surface area (Å²) in [7, 11) is 3.35. The van der Waals surface area contributed by atoms with Crippen molar-refractivity contribution in [3.05, 3.63) is 63.2 Å². The number of nitrogens with zero attached hydrogens (tertiary/aromatic N) is 1. The molecule has 1 fully saturated rings. The van der Waals surface area contributed by atoms with Crippen LogP contribution in [0.4, 0.5) is 5.69 Å². The van der Waals surface area contributed by atoms with Crippen LogP contribution in [-0.2, 0) is 4.74 Å². The largest absolute Gasteiger partial charge is 0.496 e. The van der Waals surface area contributed by atoms with E-state index < -0.39 is 0 Å². The SMILES string of the molecule is COc1ccc(OC)c2c1[C@@H](c1ccc([N+](=O)[O-])cc1)O[C@H]1CCCC[C@H]21. The van der Waals surface area contributed by atoms with E-state index in [0.29, 0.717) is 0 Å². The Kier molecular flexibility index (Phi) is 4.74. The Morgan fingerprint density at radius 1 is 0.963 bits per heavy atom. The van der Waals surface area contributed by atoms with Crippen LogP contribution >= 0.6 is 0 Å². The third-order valence-electron chi connectivity index (χ3n) is 5.70. The minimum absolute atomic E-state index is 0.0722. The maximum absolute atomic E-state index is 11.0. The molecule has 0 aromatic heterocycles.